The Morgan fingerprint density at radius 1 is 0.974 bits per heavy atom. The molecule has 4 nitrogen and oxygen atoms in total. The highest BCUT2D eigenvalue weighted by molar-refractivity contribution is 5.41. The molecule has 38 heavy (non-hydrogen) atoms. The monoisotopic (exact) mass is 522 g/mol. The third-order valence-electron chi connectivity index (χ3n) is 10.9. The minimum absolute atomic E-state index is 0.0235. The van der Waals surface area contributed by atoms with Gasteiger partial charge in [-0.3, -0.25) is 0 Å². The first kappa shape index (κ1) is 26.8. The molecule has 3 aliphatic carbocycles. The van der Waals surface area contributed by atoms with E-state index < -0.39 is 0 Å². The number of unbranched alkanes of at least 4 members (excludes halogenated alkanes) is 2. The van der Waals surface area contributed by atoms with Crippen molar-refractivity contribution in [3.05, 3.63) is 42.0 Å². The lowest BCUT2D eigenvalue weighted by Crippen LogP contribution is -2.48. The summed E-state index contributed by atoms with van der Waals surface area (Å²) < 4.78 is 25.0. The maximum absolute atomic E-state index is 6.75. The highest BCUT2D eigenvalue weighted by atomic mass is 16.7. The van der Waals surface area contributed by atoms with Gasteiger partial charge in [0, 0.05) is 13.0 Å². The Bertz CT molecular complexity index is 932. The van der Waals surface area contributed by atoms with Crippen molar-refractivity contribution in [1.29, 1.82) is 0 Å². The summed E-state index contributed by atoms with van der Waals surface area (Å²) in [5.41, 5.74) is 3.43. The van der Waals surface area contributed by atoms with Gasteiger partial charge in [0.15, 0.2) is 12.6 Å². The topological polar surface area (TPSA) is 36.9 Å². The lowest BCUT2D eigenvalue weighted by Gasteiger charge is -2.54. The van der Waals surface area contributed by atoms with Gasteiger partial charge < -0.3 is 18.9 Å². The highest BCUT2D eigenvalue weighted by Gasteiger charge is 2.57. The third-order valence-corrected chi connectivity index (χ3v) is 10.9. The number of allylic oxidation sites excluding steroid dienone is 1. The van der Waals surface area contributed by atoms with Crippen molar-refractivity contribution >= 4 is 0 Å². The van der Waals surface area contributed by atoms with Gasteiger partial charge in [-0.05, 0) is 136 Å². The van der Waals surface area contributed by atoms with Crippen LogP contribution in [-0.4, -0.2) is 31.9 Å². The van der Waals surface area contributed by atoms with E-state index in [1.807, 2.05) is 0 Å². The van der Waals surface area contributed by atoms with Crippen molar-refractivity contribution < 1.29 is 18.9 Å². The molecule has 4 heteroatoms. The first-order valence-corrected chi connectivity index (χ1v) is 15.9. The SMILES string of the molecule is C=CCCCC[C@@H]1Cc2cc(OC3CCCCO3)ccc2[C@H]2CC[C@]3(C)[C@@H](OC4CCCCO4)CC[C@H]3[C@H]12. The molecular weight excluding hydrogens is 472 g/mol. The van der Waals surface area contributed by atoms with Crippen molar-refractivity contribution in [1.82, 2.24) is 0 Å². The minimum Gasteiger partial charge on any atom is -0.465 e. The van der Waals surface area contributed by atoms with Crippen molar-refractivity contribution in [2.24, 2.45) is 23.2 Å². The predicted molar refractivity (Wildman–Crippen MR) is 151 cm³/mol. The van der Waals surface area contributed by atoms with E-state index in [2.05, 4.69) is 37.8 Å². The largest absolute Gasteiger partial charge is 0.465 e. The molecule has 0 radical (unpaired) electrons. The number of hydrogen-bond donors (Lipinski definition) is 0. The molecule has 2 heterocycles. The molecule has 0 amide bonds. The molecule has 0 spiro atoms. The Morgan fingerprint density at radius 2 is 1.79 bits per heavy atom. The Morgan fingerprint density at radius 3 is 2.55 bits per heavy atom. The smallest absolute Gasteiger partial charge is 0.199 e. The Hall–Kier alpha value is -1.36. The molecule has 0 bridgehead atoms. The number of rotatable bonds is 9. The number of hydrogen-bond acceptors (Lipinski definition) is 4. The van der Waals surface area contributed by atoms with Crippen LogP contribution in [0.3, 0.4) is 0 Å². The van der Waals surface area contributed by atoms with Gasteiger partial charge >= 0.3 is 0 Å². The lowest BCUT2D eigenvalue weighted by atomic mass is 9.52. The molecule has 0 N–H and O–H groups in total. The minimum atomic E-state index is -0.0770. The number of ether oxygens (including phenoxy) is 4. The zero-order valence-electron chi connectivity index (χ0n) is 23.7. The van der Waals surface area contributed by atoms with Crippen LogP contribution in [0, 0.1) is 23.2 Å². The fourth-order valence-corrected chi connectivity index (χ4v) is 8.95. The maximum atomic E-state index is 6.75. The summed E-state index contributed by atoms with van der Waals surface area (Å²) in [5, 5.41) is 0. The fourth-order valence-electron chi connectivity index (χ4n) is 8.95. The van der Waals surface area contributed by atoms with E-state index >= 15 is 0 Å². The first-order valence-electron chi connectivity index (χ1n) is 15.9. The van der Waals surface area contributed by atoms with E-state index in [-0.39, 0.29) is 18.0 Å². The van der Waals surface area contributed by atoms with Crippen LogP contribution in [0.15, 0.2) is 30.9 Å². The Labute approximate surface area is 230 Å². The van der Waals surface area contributed by atoms with Crippen LogP contribution in [0.4, 0.5) is 0 Å². The van der Waals surface area contributed by atoms with Gasteiger partial charge in [0.1, 0.15) is 5.75 Å². The summed E-state index contributed by atoms with van der Waals surface area (Å²) in [6.07, 6.45) is 20.5. The molecule has 4 fully saturated rings. The van der Waals surface area contributed by atoms with Crippen LogP contribution in [0.2, 0.25) is 0 Å². The molecule has 2 saturated carbocycles. The van der Waals surface area contributed by atoms with Crippen LogP contribution in [0.5, 0.6) is 5.75 Å². The molecule has 1 aromatic carbocycles. The predicted octanol–water partition coefficient (Wildman–Crippen LogP) is 8.33. The van der Waals surface area contributed by atoms with E-state index in [9.17, 15) is 0 Å². The summed E-state index contributed by atoms with van der Waals surface area (Å²) in [4.78, 5) is 0. The summed E-state index contributed by atoms with van der Waals surface area (Å²) in [7, 11) is 0. The van der Waals surface area contributed by atoms with Crippen molar-refractivity contribution in [2.45, 2.75) is 128 Å². The zero-order chi connectivity index (χ0) is 26.0. The Balaban J connectivity index is 1.22. The van der Waals surface area contributed by atoms with Gasteiger partial charge in [0.05, 0.1) is 12.7 Å². The lowest BCUT2D eigenvalue weighted by molar-refractivity contribution is -0.213. The van der Waals surface area contributed by atoms with Gasteiger partial charge in [0.25, 0.3) is 0 Å². The quantitative estimate of drug-likeness (QED) is 0.241. The van der Waals surface area contributed by atoms with Gasteiger partial charge in [-0.25, -0.2) is 0 Å². The molecule has 210 valence electrons. The van der Waals surface area contributed by atoms with Crippen LogP contribution >= 0.6 is 0 Å². The van der Waals surface area contributed by atoms with Crippen LogP contribution in [-0.2, 0) is 20.6 Å². The summed E-state index contributed by atoms with van der Waals surface area (Å²) in [5.74, 6) is 3.93. The second-order valence-corrected chi connectivity index (χ2v) is 13.1. The van der Waals surface area contributed by atoms with E-state index in [1.54, 1.807) is 11.1 Å². The molecule has 8 atom stereocenters. The van der Waals surface area contributed by atoms with Gasteiger partial charge in [-0.2, -0.15) is 0 Å². The van der Waals surface area contributed by atoms with Crippen LogP contribution < -0.4 is 4.74 Å². The highest BCUT2D eigenvalue weighted by Crippen LogP contribution is 2.63. The summed E-state index contributed by atoms with van der Waals surface area (Å²) in [6, 6.07) is 7.02. The third kappa shape index (κ3) is 5.47. The number of benzene rings is 1. The molecule has 2 aliphatic heterocycles. The van der Waals surface area contributed by atoms with E-state index in [0.29, 0.717) is 12.0 Å². The maximum Gasteiger partial charge on any atom is 0.199 e. The second kappa shape index (κ2) is 12.0. The van der Waals surface area contributed by atoms with Gasteiger partial charge in [-0.15, -0.1) is 6.58 Å². The zero-order valence-corrected chi connectivity index (χ0v) is 23.7. The van der Waals surface area contributed by atoms with Crippen molar-refractivity contribution in [3.63, 3.8) is 0 Å². The van der Waals surface area contributed by atoms with Gasteiger partial charge in [-0.1, -0.05) is 25.5 Å². The van der Waals surface area contributed by atoms with Crippen LogP contribution in [0.1, 0.15) is 114 Å². The van der Waals surface area contributed by atoms with E-state index in [4.69, 9.17) is 18.9 Å². The first-order chi connectivity index (χ1) is 18.7. The molecule has 0 aromatic heterocycles. The summed E-state index contributed by atoms with van der Waals surface area (Å²) in [6.45, 7) is 8.22. The van der Waals surface area contributed by atoms with E-state index in [0.717, 1.165) is 62.4 Å². The fraction of sp³-hybridized carbons (Fsp3) is 0.765. The standard InChI is InChI=1S/C34H50O4/c1-3-4-5-6-11-24-22-25-23-26(37-31-12-7-9-20-35-31)14-15-27(25)28-18-19-34(2)29(33(24)28)16-17-30(34)38-32-13-8-10-21-36-32/h3,14-15,23-24,28-33H,1,4-13,16-22H2,2H3/t24-,28-,29+,30+,31?,32?,33-,34+/m1/s1. The molecular formula is C34H50O4. The molecule has 2 saturated heterocycles. The van der Waals surface area contributed by atoms with Crippen LogP contribution in [0.25, 0.3) is 0 Å². The van der Waals surface area contributed by atoms with Crippen molar-refractivity contribution in [2.75, 3.05) is 13.2 Å². The average Bonchev–Trinajstić information content (AvgIpc) is 3.27. The molecule has 5 aliphatic rings. The second-order valence-electron chi connectivity index (χ2n) is 13.1. The normalized spacial score (nSPS) is 38.6. The molecule has 2 unspecified atom stereocenters. The Kier molecular flexibility index (Phi) is 8.49. The molecule has 6 rings (SSSR count). The van der Waals surface area contributed by atoms with Gasteiger partial charge in [0.2, 0.25) is 0 Å². The number of fused-ring (bicyclic) bond motifs is 5. The average molecular weight is 523 g/mol. The summed E-state index contributed by atoms with van der Waals surface area (Å²) >= 11 is 0. The van der Waals surface area contributed by atoms with Crippen molar-refractivity contribution in [3.8, 4) is 5.75 Å². The molecule has 1 aromatic rings. The van der Waals surface area contributed by atoms with E-state index in [1.165, 1.54) is 70.6 Å².